The minimum absolute atomic E-state index is 0.0127. The SMILES string of the molecule is CC#CC(C)(C)OC.COC(C)(C)C#CC(C)(C)OCCO. The van der Waals surface area contributed by atoms with Crippen molar-refractivity contribution >= 4 is 0 Å². The summed E-state index contributed by atoms with van der Waals surface area (Å²) < 4.78 is 15.5. The Bertz CT molecular complexity index is 414. The van der Waals surface area contributed by atoms with E-state index in [-0.39, 0.29) is 12.2 Å². The zero-order chi connectivity index (χ0) is 17.9. The summed E-state index contributed by atoms with van der Waals surface area (Å²) in [5, 5.41) is 8.61. The van der Waals surface area contributed by atoms with Crippen molar-refractivity contribution in [3.05, 3.63) is 0 Å². The summed E-state index contributed by atoms with van der Waals surface area (Å²) in [6.07, 6.45) is 0. The zero-order valence-electron chi connectivity index (χ0n) is 15.6. The van der Waals surface area contributed by atoms with E-state index in [4.69, 9.17) is 19.3 Å². The molecule has 0 aliphatic heterocycles. The van der Waals surface area contributed by atoms with Crippen molar-refractivity contribution in [1.29, 1.82) is 0 Å². The number of ether oxygens (including phenoxy) is 3. The van der Waals surface area contributed by atoms with Gasteiger partial charge in [0.2, 0.25) is 0 Å². The molecule has 0 aromatic carbocycles. The van der Waals surface area contributed by atoms with Gasteiger partial charge in [-0.05, 0) is 48.5 Å². The van der Waals surface area contributed by atoms with Crippen LogP contribution in [0.4, 0.5) is 0 Å². The van der Waals surface area contributed by atoms with Crippen LogP contribution in [0, 0.1) is 23.7 Å². The third-order valence-electron chi connectivity index (χ3n) is 2.67. The summed E-state index contributed by atoms with van der Waals surface area (Å²) in [5.74, 6) is 11.6. The maximum absolute atomic E-state index is 8.61. The summed E-state index contributed by atoms with van der Waals surface area (Å²) in [6.45, 7) is 13.5. The molecule has 0 unspecified atom stereocenters. The van der Waals surface area contributed by atoms with E-state index in [0.29, 0.717) is 6.61 Å². The van der Waals surface area contributed by atoms with Gasteiger partial charge >= 0.3 is 0 Å². The monoisotopic (exact) mass is 312 g/mol. The summed E-state index contributed by atoms with van der Waals surface area (Å²) in [5.41, 5.74) is -1.27. The predicted molar refractivity (Wildman–Crippen MR) is 90.5 cm³/mol. The second-order valence-electron chi connectivity index (χ2n) is 6.14. The van der Waals surface area contributed by atoms with Crippen molar-refractivity contribution in [2.24, 2.45) is 0 Å². The van der Waals surface area contributed by atoms with E-state index >= 15 is 0 Å². The Kier molecular flexibility index (Phi) is 11.2. The van der Waals surface area contributed by atoms with Gasteiger partial charge in [0, 0.05) is 14.2 Å². The quantitative estimate of drug-likeness (QED) is 0.793. The molecule has 0 radical (unpaired) electrons. The molecular formula is C18H32O4. The average Bonchev–Trinajstić information content (AvgIpc) is 2.44. The average molecular weight is 312 g/mol. The van der Waals surface area contributed by atoms with E-state index < -0.39 is 11.2 Å². The molecule has 22 heavy (non-hydrogen) atoms. The molecule has 0 saturated heterocycles. The zero-order valence-corrected chi connectivity index (χ0v) is 15.6. The largest absolute Gasteiger partial charge is 0.394 e. The highest BCUT2D eigenvalue weighted by Gasteiger charge is 2.17. The Morgan fingerprint density at radius 3 is 1.50 bits per heavy atom. The van der Waals surface area contributed by atoms with Crippen LogP contribution in [-0.4, -0.2) is 49.3 Å². The van der Waals surface area contributed by atoms with Crippen LogP contribution in [0.3, 0.4) is 0 Å². The molecule has 0 aliphatic rings. The Balaban J connectivity index is 0. The van der Waals surface area contributed by atoms with Crippen LogP contribution >= 0.6 is 0 Å². The second kappa shape index (κ2) is 10.6. The smallest absolute Gasteiger partial charge is 0.123 e. The van der Waals surface area contributed by atoms with Crippen LogP contribution in [0.25, 0.3) is 0 Å². The molecule has 0 heterocycles. The molecule has 0 fully saturated rings. The van der Waals surface area contributed by atoms with Gasteiger partial charge in [-0.2, -0.15) is 0 Å². The first-order chi connectivity index (χ1) is 9.95. The van der Waals surface area contributed by atoms with Gasteiger partial charge in [-0.15, -0.1) is 5.92 Å². The molecule has 4 heteroatoms. The maximum Gasteiger partial charge on any atom is 0.123 e. The van der Waals surface area contributed by atoms with E-state index in [2.05, 4.69) is 23.7 Å². The lowest BCUT2D eigenvalue weighted by Gasteiger charge is -2.20. The van der Waals surface area contributed by atoms with Crippen LogP contribution in [0.2, 0.25) is 0 Å². The highest BCUT2D eigenvalue weighted by Crippen LogP contribution is 2.10. The van der Waals surface area contributed by atoms with Crippen LogP contribution in [0.15, 0.2) is 0 Å². The van der Waals surface area contributed by atoms with Gasteiger partial charge in [0.25, 0.3) is 0 Å². The molecule has 1 N–H and O–H groups in total. The standard InChI is InChI=1S/C11H20O3.C7H12O/c1-10(2,13-5)6-7-11(3,4)14-9-8-12;1-5-6-7(2,3)8-4/h12H,8-9H2,1-5H3;1-4H3. The fraction of sp³-hybridized carbons (Fsp3) is 0.778. The van der Waals surface area contributed by atoms with E-state index in [1.165, 1.54) is 0 Å². The highest BCUT2D eigenvalue weighted by atomic mass is 16.5. The molecule has 0 aromatic rings. The van der Waals surface area contributed by atoms with Gasteiger partial charge in [-0.1, -0.05) is 17.8 Å². The summed E-state index contributed by atoms with van der Waals surface area (Å²) in [7, 11) is 3.28. The lowest BCUT2D eigenvalue weighted by atomic mass is 10.1. The number of rotatable bonds is 5. The molecule has 0 rings (SSSR count). The van der Waals surface area contributed by atoms with Crippen LogP contribution < -0.4 is 0 Å². The first-order valence-electron chi connectivity index (χ1n) is 7.28. The number of hydrogen-bond acceptors (Lipinski definition) is 4. The van der Waals surface area contributed by atoms with Crippen molar-refractivity contribution in [1.82, 2.24) is 0 Å². The van der Waals surface area contributed by atoms with Crippen molar-refractivity contribution in [2.45, 2.75) is 65.3 Å². The molecule has 0 saturated carbocycles. The van der Waals surface area contributed by atoms with Gasteiger partial charge in [0.15, 0.2) is 0 Å². The number of aliphatic hydroxyl groups excluding tert-OH is 1. The van der Waals surface area contributed by atoms with Crippen molar-refractivity contribution < 1.29 is 19.3 Å². The van der Waals surface area contributed by atoms with Crippen molar-refractivity contribution in [2.75, 3.05) is 27.4 Å². The third-order valence-corrected chi connectivity index (χ3v) is 2.67. The minimum atomic E-state index is -0.543. The molecule has 0 amide bonds. The van der Waals surface area contributed by atoms with Gasteiger partial charge in [-0.3, -0.25) is 0 Å². The van der Waals surface area contributed by atoms with Gasteiger partial charge < -0.3 is 19.3 Å². The summed E-state index contributed by atoms with van der Waals surface area (Å²) in [6, 6.07) is 0. The van der Waals surface area contributed by atoms with E-state index in [9.17, 15) is 0 Å². The molecule has 0 aromatic heterocycles. The molecular weight excluding hydrogens is 280 g/mol. The van der Waals surface area contributed by atoms with E-state index in [1.54, 1.807) is 21.1 Å². The Morgan fingerprint density at radius 2 is 1.18 bits per heavy atom. The first kappa shape index (κ1) is 23.2. The molecule has 0 aliphatic carbocycles. The fourth-order valence-electron chi connectivity index (χ4n) is 1.04. The lowest BCUT2D eigenvalue weighted by Crippen LogP contribution is -2.26. The van der Waals surface area contributed by atoms with E-state index in [0.717, 1.165) is 0 Å². The Morgan fingerprint density at radius 1 is 0.773 bits per heavy atom. The van der Waals surface area contributed by atoms with Crippen LogP contribution in [-0.2, 0) is 14.2 Å². The second-order valence-corrected chi connectivity index (χ2v) is 6.14. The van der Waals surface area contributed by atoms with Crippen LogP contribution in [0.5, 0.6) is 0 Å². The number of hydrogen-bond donors (Lipinski definition) is 1. The highest BCUT2D eigenvalue weighted by molar-refractivity contribution is 5.18. The third kappa shape index (κ3) is 13.9. The fourth-order valence-corrected chi connectivity index (χ4v) is 1.04. The Labute approximate surface area is 136 Å². The van der Waals surface area contributed by atoms with Crippen molar-refractivity contribution in [3.63, 3.8) is 0 Å². The normalized spacial score (nSPS) is 11.4. The Hall–Kier alpha value is -1.04. The predicted octanol–water partition coefficient (Wildman–Crippen LogP) is 2.64. The molecule has 0 bridgehead atoms. The molecule has 4 nitrogen and oxygen atoms in total. The van der Waals surface area contributed by atoms with Gasteiger partial charge in [0.1, 0.15) is 16.8 Å². The van der Waals surface area contributed by atoms with Gasteiger partial charge in [0.05, 0.1) is 13.2 Å². The maximum atomic E-state index is 8.61. The lowest BCUT2D eigenvalue weighted by molar-refractivity contribution is 0.00506. The molecule has 0 spiro atoms. The first-order valence-corrected chi connectivity index (χ1v) is 7.28. The number of aliphatic hydroxyl groups is 1. The van der Waals surface area contributed by atoms with E-state index in [1.807, 2.05) is 41.5 Å². The number of methoxy groups -OCH3 is 2. The summed E-state index contributed by atoms with van der Waals surface area (Å²) in [4.78, 5) is 0. The summed E-state index contributed by atoms with van der Waals surface area (Å²) >= 11 is 0. The van der Waals surface area contributed by atoms with Crippen molar-refractivity contribution in [3.8, 4) is 23.7 Å². The minimum Gasteiger partial charge on any atom is -0.394 e. The molecule has 128 valence electrons. The van der Waals surface area contributed by atoms with Crippen LogP contribution in [0.1, 0.15) is 48.5 Å². The molecule has 0 atom stereocenters. The topological polar surface area (TPSA) is 47.9 Å². The van der Waals surface area contributed by atoms with Gasteiger partial charge in [-0.25, -0.2) is 0 Å².